The largest absolute Gasteiger partial charge is 0.384 e. The molecule has 1 N–H and O–H groups in total. The third-order valence-electron chi connectivity index (χ3n) is 3.66. The summed E-state index contributed by atoms with van der Waals surface area (Å²) in [4.78, 5) is 0. The van der Waals surface area contributed by atoms with Gasteiger partial charge >= 0.3 is 0 Å². The molecular formula is C14H21NO2S. The minimum atomic E-state index is -2.91. The van der Waals surface area contributed by atoms with Crippen LogP contribution in [-0.4, -0.2) is 26.0 Å². The fourth-order valence-electron chi connectivity index (χ4n) is 2.51. The van der Waals surface area contributed by atoms with E-state index in [-0.39, 0.29) is 11.0 Å². The lowest BCUT2D eigenvalue weighted by molar-refractivity contribution is 0.580. The number of anilines is 1. The van der Waals surface area contributed by atoms with Crippen molar-refractivity contribution in [3.8, 4) is 0 Å². The van der Waals surface area contributed by atoms with E-state index in [2.05, 4.69) is 5.32 Å². The molecule has 0 heterocycles. The van der Waals surface area contributed by atoms with Crippen molar-refractivity contribution in [3.63, 3.8) is 0 Å². The molecule has 3 nitrogen and oxygen atoms in total. The van der Waals surface area contributed by atoms with Crippen LogP contribution in [0.15, 0.2) is 24.3 Å². The first-order valence-corrected chi connectivity index (χ1v) is 8.32. The SMILES string of the molecule is Cc1ccccc1NCCS(=O)(=O)C1CCCC1. The van der Waals surface area contributed by atoms with Gasteiger partial charge in [0.2, 0.25) is 0 Å². The van der Waals surface area contributed by atoms with Gasteiger partial charge in [-0.1, -0.05) is 31.0 Å². The predicted octanol–water partition coefficient (Wildman–Crippen LogP) is 2.76. The summed E-state index contributed by atoms with van der Waals surface area (Å²) in [6, 6.07) is 7.95. The third kappa shape index (κ3) is 3.25. The maximum Gasteiger partial charge on any atom is 0.154 e. The predicted molar refractivity (Wildman–Crippen MR) is 75.7 cm³/mol. The van der Waals surface area contributed by atoms with E-state index in [0.29, 0.717) is 6.54 Å². The Morgan fingerprint density at radius 3 is 2.56 bits per heavy atom. The molecule has 100 valence electrons. The van der Waals surface area contributed by atoms with Crippen LogP contribution >= 0.6 is 0 Å². The molecule has 0 radical (unpaired) electrons. The standard InChI is InChI=1S/C14H21NO2S/c1-12-6-2-5-9-14(12)15-10-11-18(16,17)13-7-3-4-8-13/h2,5-6,9,13,15H,3-4,7-8,10-11H2,1H3. The minimum Gasteiger partial charge on any atom is -0.384 e. The van der Waals surface area contributed by atoms with Crippen LogP contribution in [0.25, 0.3) is 0 Å². The van der Waals surface area contributed by atoms with Gasteiger partial charge < -0.3 is 5.32 Å². The summed E-state index contributed by atoms with van der Waals surface area (Å²) >= 11 is 0. The average Bonchev–Trinajstić information content (AvgIpc) is 2.86. The normalized spacial score (nSPS) is 16.9. The molecule has 1 aliphatic rings. The molecule has 0 unspecified atom stereocenters. The third-order valence-corrected chi connectivity index (χ3v) is 5.92. The van der Waals surface area contributed by atoms with E-state index < -0.39 is 9.84 Å². The van der Waals surface area contributed by atoms with Gasteiger partial charge in [0.05, 0.1) is 11.0 Å². The van der Waals surface area contributed by atoms with Crippen molar-refractivity contribution in [2.75, 3.05) is 17.6 Å². The van der Waals surface area contributed by atoms with E-state index in [4.69, 9.17) is 0 Å². The second-order valence-corrected chi connectivity index (χ2v) is 7.42. The van der Waals surface area contributed by atoms with E-state index >= 15 is 0 Å². The van der Waals surface area contributed by atoms with Crippen LogP contribution < -0.4 is 5.32 Å². The number of rotatable bonds is 5. The van der Waals surface area contributed by atoms with Gasteiger partial charge in [0.15, 0.2) is 9.84 Å². The first-order chi connectivity index (χ1) is 8.59. The van der Waals surface area contributed by atoms with Gasteiger partial charge in [0.1, 0.15) is 0 Å². The smallest absolute Gasteiger partial charge is 0.154 e. The number of sulfone groups is 1. The van der Waals surface area contributed by atoms with E-state index in [1.165, 1.54) is 0 Å². The number of benzene rings is 1. The highest BCUT2D eigenvalue weighted by Gasteiger charge is 2.27. The Balaban J connectivity index is 1.87. The van der Waals surface area contributed by atoms with Crippen LogP contribution in [0.5, 0.6) is 0 Å². The molecule has 1 aromatic rings. The van der Waals surface area contributed by atoms with Crippen LogP contribution in [0.4, 0.5) is 5.69 Å². The van der Waals surface area contributed by atoms with Crippen molar-refractivity contribution < 1.29 is 8.42 Å². The molecular weight excluding hydrogens is 246 g/mol. The average molecular weight is 267 g/mol. The van der Waals surface area contributed by atoms with Crippen LogP contribution in [0, 0.1) is 6.92 Å². The van der Waals surface area contributed by atoms with Crippen LogP contribution in [0.2, 0.25) is 0 Å². The summed E-state index contributed by atoms with van der Waals surface area (Å²) in [6.07, 6.45) is 3.84. The van der Waals surface area contributed by atoms with E-state index in [9.17, 15) is 8.42 Å². The van der Waals surface area contributed by atoms with Gasteiger partial charge in [-0.05, 0) is 31.4 Å². The van der Waals surface area contributed by atoms with Crippen molar-refractivity contribution in [1.29, 1.82) is 0 Å². The quantitative estimate of drug-likeness (QED) is 0.892. The van der Waals surface area contributed by atoms with Crippen molar-refractivity contribution in [3.05, 3.63) is 29.8 Å². The summed E-state index contributed by atoms with van der Waals surface area (Å²) in [7, 11) is -2.91. The number of hydrogen-bond donors (Lipinski definition) is 1. The molecule has 0 aliphatic heterocycles. The van der Waals surface area contributed by atoms with E-state index in [1.54, 1.807) is 0 Å². The maximum absolute atomic E-state index is 12.1. The highest BCUT2D eigenvalue weighted by molar-refractivity contribution is 7.92. The maximum atomic E-state index is 12.1. The number of aryl methyl sites for hydroxylation is 1. The highest BCUT2D eigenvalue weighted by atomic mass is 32.2. The van der Waals surface area contributed by atoms with Gasteiger partial charge in [0.25, 0.3) is 0 Å². The zero-order chi connectivity index (χ0) is 13.0. The lowest BCUT2D eigenvalue weighted by atomic mass is 10.2. The second-order valence-electron chi connectivity index (χ2n) is 5.02. The van der Waals surface area contributed by atoms with Gasteiger partial charge in [-0.2, -0.15) is 0 Å². The van der Waals surface area contributed by atoms with Crippen LogP contribution in [0.1, 0.15) is 31.2 Å². The summed E-state index contributed by atoms with van der Waals surface area (Å²) in [5, 5.41) is 3.13. The van der Waals surface area contributed by atoms with Crippen LogP contribution in [-0.2, 0) is 9.84 Å². The van der Waals surface area contributed by atoms with E-state index in [0.717, 1.165) is 36.9 Å². The van der Waals surface area contributed by atoms with Gasteiger partial charge in [-0.25, -0.2) is 8.42 Å². The van der Waals surface area contributed by atoms with Crippen LogP contribution in [0.3, 0.4) is 0 Å². The molecule has 1 aliphatic carbocycles. The Hall–Kier alpha value is -1.03. The zero-order valence-electron chi connectivity index (χ0n) is 10.9. The molecule has 0 amide bonds. The molecule has 0 spiro atoms. The summed E-state index contributed by atoms with van der Waals surface area (Å²) < 4.78 is 24.1. The summed E-state index contributed by atoms with van der Waals surface area (Å²) in [5.41, 5.74) is 2.18. The topological polar surface area (TPSA) is 46.2 Å². The van der Waals surface area contributed by atoms with Crippen molar-refractivity contribution >= 4 is 15.5 Å². The Labute approximate surface area is 110 Å². The molecule has 1 saturated carbocycles. The molecule has 0 saturated heterocycles. The van der Waals surface area contributed by atoms with Gasteiger partial charge in [0, 0.05) is 12.2 Å². The fraction of sp³-hybridized carbons (Fsp3) is 0.571. The highest BCUT2D eigenvalue weighted by Crippen LogP contribution is 2.25. The zero-order valence-corrected chi connectivity index (χ0v) is 11.7. The van der Waals surface area contributed by atoms with Gasteiger partial charge in [-0.15, -0.1) is 0 Å². The molecule has 0 aromatic heterocycles. The van der Waals surface area contributed by atoms with Crippen molar-refractivity contribution in [2.45, 2.75) is 37.9 Å². The molecule has 4 heteroatoms. The molecule has 0 atom stereocenters. The minimum absolute atomic E-state index is 0.0869. The van der Waals surface area contributed by atoms with Crippen molar-refractivity contribution in [1.82, 2.24) is 0 Å². The van der Waals surface area contributed by atoms with E-state index in [1.807, 2.05) is 31.2 Å². The second kappa shape index (κ2) is 5.74. The first-order valence-electron chi connectivity index (χ1n) is 6.61. The Morgan fingerprint density at radius 2 is 1.89 bits per heavy atom. The van der Waals surface area contributed by atoms with Crippen molar-refractivity contribution in [2.24, 2.45) is 0 Å². The number of hydrogen-bond acceptors (Lipinski definition) is 3. The lowest BCUT2D eigenvalue weighted by Gasteiger charge is -2.13. The first kappa shape index (κ1) is 13.4. The molecule has 0 bridgehead atoms. The Bertz CT molecular complexity index is 490. The monoisotopic (exact) mass is 267 g/mol. The lowest BCUT2D eigenvalue weighted by Crippen LogP contribution is -2.25. The Kier molecular flexibility index (Phi) is 4.27. The summed E-state index contributed by atoms with van der Waals surface area (Å²) in [5.74, 6) is 0.242. The molecule has 1 aromatic carbocycles. The Morgan fingerprint density at radius 1 is 1.22 bits per heavy atom. The number of para-hydroxylation sites is 1. The van der Waals surface area contributed by atoms with Gasteiger partial charge in [-0.3, -0.25) is 0 Å². The molecule has 1 fully saturated rings. The molecule has 18 heavy (non-hydrogen) atoms. The number of nitrogens with one attached hydrogen (secondary N) is 1. The molecule has 2 rings (SSSR count). The summed E-state index contributed by atoms with van der Waals surface area (Å²) in [6.45, 7) is 2.53. The fourth-order valence-corrected chi connectivity index (χ4v) is 4.28.